The molecule has 29 heavy (non-hydrogen) atoms. The van der Waals surface area contributed by atoms with Crippen LogP contribution in [0.3, 0.4) is 0 Å². The number of hydrogen-bond acceptors (Lipinski definition) is 5. The molecule has 3 aromatic rings. The monoisotopic (exact) mass is 409 g/mol. The summed E-state index contributed by atoms with van der Waals surface area (Å²) in [5, 5.41) is 3.30. The third-order valence-electron chi connectivity index (χ3n) is 4.16. The molecule has 150 valence electrons. The Labute approximate surface area is 174 Å². The molecule has 1 atom stereocenters. The summed E-state index contributed by atoms with van der Waals surface area (Å²) < 4.78 is 10.8. The lowest BCUT2D eigenvalue weighted by Crippen LogP contribution is -2.30. The van der Waals surface area contributed by atoms with Crippen molar-refractivity contribution < 1.29 is 19.1 Å². The second kappa shape index (κ2) is 9.89. The Balaban J connectivity index is 1.76. The van der Waals surface area contributed by atoms with Gasteiger partial charge in [-0.2, -0.15) is 0 Å². The molecule has 0 saturated carbocycles. The van der Waals surface area contributed by atoms with Crippen molar-refractivity contribution in [3.05, 3.63) is 82.7 Å². The number of amides is 1. The van der Waals surface area contributed by atoms with E-state index in [1.165, 1.54) is 11.3 Å². The molecule has 0 unspecified atom stereocenters. The molecule has 1 aromatic heterocycles. The molecule has 1 heterocycles. The van der Waals surface area contributed by atoms with E-state index in [9.17, 15) is 9.59 Å². The zero-order valence-corrected chi connectivity index (χ0v) is 17.2. The van der Waals surface area contributed by atoms with Crippen LogP contribution in [0.2, 0.25) is 0 Å². The predicted octanol–water partition coefficient (Wildman–Crippen LogP) is 4.92. The Kier molecular flexibility index (Phi) is 7.03. The lowest BCUT2D eigenvalue weighted by Gasteiger charge is -2.14. The number of hydrogen-bond donors (Lipinski definition) is 1. The fourth-order valence-corrected chi connectivity index (χ4v) is 3.83. The van der Waals surface area contributed by atoms with Gasteiger partial charge in [0.1, 0.15) is 10.8 Å². The summed E-state index contributed by atoms with van der Waals surface area (Å²) in [7, 11) is 0. The number of nitrogens with one attached hydrogen (secondary N) is 1. The van der Waals surface area contributed by atoms with Crippen molar-refractivity contribution in [2.24, 2.45) is 0 Å². The molecular formula is C23H23NO4S. The van der Waals surface area contributed by atoms with Crippen LogP contribution >= 0.6 is 11.3 Å². The van der Waals surface area contributed by atoms with Crippen LogP contribution in [0.15, 0.2) is 66.7 Å². The van der Waals surface area contributed by atoms with E-state index in [1.807, 2.05) is 48.5 Å². The number of anilines is 1. The van der Waals surface area contributed by atoms with E-state index in [0.29, 0.717) is 22.7 Å². The average molecular weight is 410 g/mol. The van der Waals surface area contributed by atoms with Gasteiger partial charge in [-0.05, 0) is 37.6 Å². The van der Waals surface area contributed by atoms with E-state index in [0.717, 1.165) is 10.4 Å². The van der Waals surface area contributed by atoms with Gasteiger partial charge in [-0.1, -0.05) is 48.5 Å². The molecule has 1 amide bonds. The highest BCUT2D eigenvalue weighted by Crippen LogP contribution is 2.31. The molecule has 0 fully saturated rings. The average Bonchev–Trinajstić information content (AvgIpc) is 3.12. The van der Waals surface area contributed by atoms with Gasteiger partial charge in [-0.15, -0.1) is 11.3 Å². The van der Waals surface area contributed by atoms with E-state index >= 15 is 0 Å². The van der Waals surface area contributed by atoms with Gasteiger partial charge >= 0.3 is 5.97 Å². The highest BCUT2D eigenvalue weighted by Gasteiger charge is 2.22. The van der Waals surface area contributed by atoms with Gasteiger partial charge in [-0.25, -0.2) is 4.79 Å². The smallest absolute Gasteiger partial charge is 0.341 e. The molecule has 0 spiro atoms. The quantitative estimate of drug-likeness (QED) is 0.536. The first kappa shape index (κ1) is 20.6. The minimum absolute atomic E-state index is 0.267. The molecule has 0 bridgehead atoms. The standard InChI is InChI=1S/C23H23NO4S/c1-3-27-23(26)20-15-19(14-17-10-6-4-7-11-17)29-22(20)24-21(25)16(2)28-18-12-8-5-9-13-18/h4-13,15-16H,3,14H2,1-2H3,(H,24,25)/t16-/m0/s1. The molecular weight excluding hydrogens is 386 g/mol. The number of ether oxygens (including phenoxy) is 2. The summed E-state index contributed by atoms with van der Waals surface area (Å²) in [6, 6.07) is 20.9. The number of para-hydroxylation sites is 1. The molecule has 5 nitrogen and oxygen atoms in total. The summed E-state index contributed by atoms with van der Waals surface area (Å²) in [5.41, 5.74) is 1.49. The fourth-order valence-electron chi connectivity index (χ4n) is 2.75. The Morgan fingerprint density at radius 3 is 2.34 bits per heavy atom. The first-order valence-electron chi connectivity index (χ1n) is 9.43. The van der Waals surface area contributed by atoms with E-state index in [-0.39, 0.29) is 12.5 Å². The maximum atomic E-state index is 12.6. The van der Waals surface area contributed by atoms with Crippen LogP contribution < -0.4 is 10.1 Å². The Morgan fingerprint density at radius 1 is 1.03 bits per heavy atom. The van der Waals surface area contributed by atoms with E-state index in [4.69, 9.17) is 9.47 Å². The predicted molar refractivity (Wildman–Crippen MR) is 115 cm³/mol. The van der Waals surface area contributed by atoms with Crippen LogP contribution in [0.1, 0.15) is 34.6 Å². The van der Waals surface area contributed by atoms with E-state index in [1.54, 1.807) is 32.0 Å². The van der Waals surface area contributed by atoms with Gasteiger partial charge < -0.3 is 14.8 Å². The van der Waals surface area contributed by atoms with Gasteiger partial charge in [0.05, 0.1) is 12.2 Å². The van der Waals surface area contributed by atoms with Crippen molar-refractivity contribution in [1.29, 1.82) is 0 Å². The first-order chi connectivity index (χ1) is 14.1. The van der Waals surface area contributed by atoms with Crippen molar-refractivity contribution >= 4 is 28.2 Å². The zero-order chi connectivity index (χ0) is 20.6. The first-order valence-corrected chi connectivity index (χ1v) is 10.2. The van der Waals surface area contributed by atoms with Crippen LogP contribution in [0, 0.1) is 0 Å². The zero-order valence-electron chi connectivity index (χ0n) is 16.4. The summed E-state index contributed by atoms with van der Waals surface area (Å²) in [6.45, 7) is 3.69. The maximum Gasteiger partial charge on any atom is 0.341 e. The highest BCUT2D eigenvalue weighted by molar-refractivity contribution is 7.16. The van der Waals surface area contributed by atoms with Crippen molar-refractivity contribution in [1.82, 2.24) is 0 Å². The molecule has 0 aliphatic rings. The van der Waals surface area contributed by atoms with Crippen LogP contribution in [-0.4, -0.2) is 24.6 Å². The van der Waals surface area contributed by atoms with Crippen LogP contribution in [0.5, 0.6) is 5.75 Å². The lowest BCUT2D eigenvalue weighted by molar-refractivity contribution is -0.122. The van der Waals surface area contributed by atoms with Gasteiger partial charge in [0.15, 0.2) is 6.10 Å². The normalized spacial score (nSPS) is 11.5. The lowest BCUT2D eigenvalue weighted by atomic mass is 10.1. The Morgan fingerprint density at radius 2 is 1.69 bits per heavy atom. The summed E-state index contributed by atoms with van der Waals surface area (Å²) in [5.74, 6) is -0.167. The highest BCUT2D eigenvalue weighted by atomic mass is 32.1. The molecule has 6 heteroatoms. The third kappa shape index (κ3) is 5.68. The molecule has 0 saturated heterocycles. The van der Waals surface area contributed by atoms with Crippen LogP contribution in [-0.2, 0) is 16.0 Å². The third-order valence-corrected chi connectivity index (χ3v) is 5.21. The van der Waals surface area contributed by atoms with Gasteiger partial charge in [0.2, 0.25) is 0 Å². The molecule has 0 aliphatic heterocycles. The SMILES string of the molecule is CCOC(=O)c1cc(Cc2ccccc2)sc1NC(=O)[C@H](C)Oc1ccccc1. The maximum absolute atomic E-state index is 12.6. The fraction of sp³-hybridized carbons (Fsp3) is 0.217. The van der Waals surface area contributed by atoms with Crippen LogP contribution in [0.4, 0.5) is 5.00 Å². The van der Waals surface area contributed by atoms with Crippen LogP contribution in [0.25, 0.3) is 0 Å². The summed E-state index contributed by atoms with van der Waals surface area (Å²) in [6.07, 6.45) is -0.0451. The number of benzene rings is 2. The second-order valence-electron chi connectivity index (χ2n) is 6.40. The Hall–Kier alpha value is -3.12. The molecule has 0 radical (unpaired) electrons. The summed E-state index contributed by atoms with van der Waals surface area (Å²) >= 11 is 1.37. The van der Waals surface area contributed by atoms with Gasteiger partial charge in [0, 0.05) is 11.3 Å². The molecule has 3 rings (SSSR count). The second-order valence-corrected chi connectivity index (χ2v) is 7.54. The Bertz CT molecular complexity index is 954. The molecule has 0 aliphatic carbocycles. The van der Waals surface area contributed by atoms with Gasteiger partial charge in [-0.3, -0.25) is 4.79 Å². The number of carbonyl (C=O) groups excluding carboxylic acids is 2. The minimum atomic E-state index is -0.716. The molecule has 2 aromatic carbocycles. The number of carbonyl (C=O) groups is 2. The number of rotatable bonds is 8. The summed E-state index contributed by atoms with van der Waals surface area (Å²) in [4.78, 5) is 26.0. The van der Waals surface area contributed by atoms with E-state index in [2.05, 4.69) is 5.32 Å². The number of thiophene rings is 1. The van der Waals surface area contributed by atoms with Crippen molar-refractivity contribution in [3.8, 4) is 5.75 Å². The largest absolute Gasteiger partial charge is 0.481 e. The number of esters is 1. The van der Waals surface area contributed by atoms with Crippen molar-refractivity contribution in [2.45, 2.75) is 26.4 Å². The molecule has 1 N–H and O–H groups in total. The minimum Gasteiger partial charge on any atom is -0.481 e. The topological polar surface area (TPSA) is 64.6 Å². The van der Waals surface area contributed by atoms with Crippen molar-refractivity contribution in [3.63, 3.8) is 0 Å². The van der Waals surface area contributed by atoms with E-state index < -0.39 is 12.1 Å². The van der Waals surface area contributed by atoms with Crippen molar-refractivity contribution in [2.75, 3.05) is 11.9 Å². The van der Waals surface area contributed by atoms with Gasteiger partial charge in [0.25, 0.3) is 5.91 Å².